The predicted molar refractivity (Wildman–Crippen MR) is 118 cm³/mol. The molecule has 4 rings (SSSR count). The van der Waals surface area contributed by atoms with E-state index < -0.39 is 6.04 Å². The number of guanidine groups is 1. The second-order valence-electron chi connectivity index (χ2n) is 7.24. The van der Waals surface area contributed by atoms with Gasteiger partial charge in [-0.05, 0) is 44.2 Å². The van der Waals surface area contributed by atoms with E-state index in [0.29, 0.717) is 17.0 Å². The second kappa shape index (κ2) is 8.39. The standard InChI is InChI=1S/C22H22N6O3/c1-12-4-6-14(7-5-12)24-20(30)18-11-19(29)27-22(26-18)28-21-23-13(2)16-10-15(31-3)8-9-17(16)25-21/h4-10,18H,11H2,1-3H3,(H,24,30)(H2,23,25,26,27,28,29)/t18-/m1/s1. The number of aliphatic imine (C=N–C) groups is 1. The Morgan fingerprint density at radius 3 is 2.65 bits per heavy atom. The zero-order valence-electron chi connectivity index (χ0n) is 17.4. The summed E-state index contributed by atoms with van der Waals surface area (Å²) in [6.45, 7) is 3.82. The third kappa shape index (κ3) is 4.61. The number of amides is 2. The Morgan fingerprint density at radius 1 is 1.13 bits per heavy atom. The molecule has 3 N–H and O–H groups in total. The van der Waals surface area contributed by atoms with Crippen LogP contribution in [0.5, 0.6) is 5.75 Å². The van der Waals surface area contributed by atoms with Gasteiger partial charge in [-0.2, -0.15) is 0 Å². The molecule has 0 unspecified atom stereocenters. The van der Waals surface area contributed by atoms with Gasteiger partial charge in [0.15, 0.2) is 0 Å². The summed E-state index contributed by atoms with van der Waals surface area (Å²) < 4.78 is 5.25. The third-order valence-corrected chi connectivity index (χ3v) is 4.87. The summed E-state index contributed by atoms with van der Waals surface area (Å²) in [5.41, 5.74) is 3.19. The Balaban J connectivity index is 1.54. The molecule has 0 aliphatic carbocycles. The Morgan fingerprint density at radius 2 is 1.90 bits per heavy atom. The molecule has 0 bridgehead atoms. The lowest BCUT2D eigenvalue weighted by atomic mass is 10.1. The van der Waals surface area contributed by atoms with Gasteiger partial charge in [-0.1, -0.05) is 17.7 Å². The summed E-state index contributed by atoms with van der Waals surface area (Å²) in [7, 11) is 1.60. The van der Waals surface area contributed by atoms with Crippen LogP contribution in [0.15, 0.2) is 47.5 Å². The van der Waals surface area contributed by atoms with Crippen molar-refractivity contribution in [2.45, 2.75) is 26.3 Å². The summed E-state index contributed by atoms with van der Waals surface area (Å²) in [5.74, 6) is 0.442. The molecule has 9 nitrogen and oxygen atoms in total. The number of anilines is 2. The van der Waals surface area contributed by atoms with Crippen molar-refractivity contribution < 1.29 is 14.3 Å². The van der Waals surface area contributed by atoms with Crippen LogP contribution in [0.25, 0.3) is 10.9 Å². The van der Waals surface area contributed by atoms with Crippen molar-refractivity contribution in [2.24, 2.45) is 4.99 Å². The lowest BCUT2D eigenvalue weighted by Crippen LogP contribution is -2.46. The molecule has 1 aliphatic rings. The Hall–Kier alpha value is -4.01. The van der Waals surface area contributed by atoms with Crippen LogP contribution in [0.1, 0.15) is 17.7 Å². The average Bonchev–Trinajstić information content (AvgIpc) is 2.74. The summed E-state index contributed by atoms with van der Waals surface area (Å²) >= 11 is 0. The van der Waals surface area contributed by atoms with Crippen LogP contribution < -0.4 is 20.7 Å². The third-order valence-electron chi connectivity index (χ3n) is 4.87. The van der Waals surface area contributed by atoms with Gasteiger partial charge in [0.2, 0.25) is 23.7 Å². The number of ether oxygens (including phenoxy) is 1. The van der Waals surface area contributed by atoms with Crippen LogP contribution >= 0.6 is 0 Å². The SMILES string of the molecule is COc1ccc2nc(NC3=N[C@@H](C(=O)Nc4ccc(C)cc4)CC(=O)N3)nc(C)c2c1. The van der Waals surface area contributed by atoms with E-state index in [9.17, 15) is 9.59 Å². The number of benzene rings is 2. The number of nitrogens with zero attached hydrogens (tertiary/aromatic N) is 3. The molecule has 158 valence electrons. The maximum Gasteiger partial charge on any atom is 0.249 e. The molecular formula is C22H22N6O3. The highest BCUT2D eigenvalue weighted by atomic mass is 16.5. The van der Waals surface area contributed by atoms with Crippen molar-refractivity contribution in [1.82, 2.24) is 15.3 Å². The molecule has 2 amide bonds. The molecular weight excluding hydrogens is 396 g/mol. The Kier molecular flexibility index (Phi) is 5.48. The van der Waals surface area contributed by atoms with Crippen LogP contribution in [0.4, 0.5) is 11.6 Å². The number of methoxy groups -OCH3 is 1. The normalized spacial score (nSPS) is 15.8. The average molecular weight is 418 g/mol. The van der Waals surface area contributed by atoms with Gasteiger partial charge in [-0.25, -0.2) is 15.0 Å². The minimum Gasteiger partial charge on any atom is -0.497 e. The van der Waals surface area contributed by atoms with Gasteiger partial charge in [0.1, 0.15) is 11.8 Å². The first kappa shape index (κ1) is 20.3. The molecule has 0 spiro atoms. The fourth-order valence-corrected chi connectivity index (χ4v) is 3.22. The van der Waals surface area contributed by atoms with Gasteiger partial charge < -0.3 is 10.1 Å². The molecule has 9 heteroatoms. The summed E-state index contributed by atoms with van der Waals surface area (Å²) in [6.07, 6.45) is -0.0414. The highest BCUT2D eigenvalue weighted by molar-refractivity contribution is 6.09. The molecule has 0 saturated heterocycles. The van der Waals surface area contributed by atoms with E-state index in [1.165, 1.54) is 0 Å². The van der Waals surface area contributed by atoms with Crippen LogP contribution in [0.3, 0.4) is 0 Å². The highest BCUT2D eigenvalue weighted by Crippen LogP contribution is 2.22. The number of hydrogen-bond acceptors (Lipinski definition) is 7. The lowest BCUT2D eigenvalue weighted by molar-refractivity contribution is -0.124. The number of carbonyl (C=O) groups is 2. The van der Waals surface area contributed by atoms with E-state index >= 15 is 0 Å². The van der Waals surface area contributed by atoms with E-state index in [4.69, 9.17) is 4.74 Å². The Labute approximate surface area is 179 Å². The largest absolute Gasteiger partial charge is 0.497 e. The number of carbonyl (C=O) groups excluding carboxylic acids is 2. The van der Waals surface area contributed by atoms with Crippen molar-refractivity contribution in [1.29, 1.82) is 0 Å². The zero-order chi connectivity index (χ0) is 22.0. The molecule has 0 radical (unpaired) electrons. The van der Waals surface area contributed by atoms with Gasteiger partial charge >= 0.3 is 0 Å². The van der Waals surface area contributed by atoms with Crippen LogP contribution in [0.2, 0.25) is 0 Å². The molecule has 1 atom stereocenters. The van der Waals surface area contributed by atoms with E-state index in [0.717, 1.165) is 16.6 Å². The quantitative estimate of drug-likeness (QED) is 0.599. The summed E-state index contributed by atoms with van der Waals surface area (Å²) in [4.78, 5) is 38.0. The second-order valence-corrected chi connectivity index (χ2v) is 7.24. The first-order chi connectivity index (χ1) is 14.9. The molecule has 31 heavy (non-hydrogen) atoms. The maximum atomic E-state index is 12.6. The number of aryl methyl sites for hydroxylation is 2. The van der Waals surface area contributed by atoms with Gasteiger partial charge in [0.05, 0.1) is 24.7 Å². The maximum absolute atomic E-state index is 12.6. The van der Waals surface area contributed by atoms with Crippen molar-refractivity contribution >= 4 is 40.3 Å². The molecule has 1 aromatic heterocycles. The van der Waals surface area contributed by atoms with Crippen molar-refractivity contribution in [3.05, 3.63) is 53.7 Å². The van der Waals surface area contributed by atoms with E-state index in [1.807, 2.05) is 44.2 Å². The lowest BCUT2D eigenvalue weighted by Gasteiger charge is -2.21. The number of hydrogen-bond donors (Lipinski definition) is 3. The van der Waals surface area contributed by atoms with Crippen LogP contribution in [-0.2, 0) is 9.59 Å². The zero-order valence-corrected chi connectivity index (χ0v) is 17.4. The smallest absolute Gasteiger partial charge is 0.249 e. The van der Waals surface area contributed by atoms with E-state index in [1.54, 1.807) is 19.2 Å². The van der Waals surface area contributed by atoms with Crippen LogP contribution in [-0.4, -0.2) is 40.9 Å². The summed E-state index contributed by atoms with van der Waals surface area (Å²) in [6, 6.07) is 12.0. The summed E-state index contributed by atoms with van der Waals surface area (Å²) in [5, 5.41) is 9.19. The number of aromatic nitrogens is 2. The van der Waals surface area contributed by atoms with Gasteiger partial charge in [0.25, 0.3) is 0 Å². The molecule has 1 aliphatic heterocycles. The topological polar surface area (TPSA) is 118 Å². The Bertz CT molecular complexity index is 1190. The molecule has 2 aromatic carbocycles. The van der Waals surface area contributed by atoms with Crippen molar-refractivity contribution in [3.63, 3.8) is 0 Å². The highest BCUT2D eigenvalue weighted by Gasteiger charge is 2.27. The van der Waals surface area contributed by atoms with Crippen molar-refractivity contribution in [3.8, 4) is 5.75 Å². The van der Waals surface area contributed by atoms with Gasteiger partial charge in [0, 0.05) is 11.1 Å². The fourth-order valence-electron chi connectivity index (χ4n) is 3.22. The minimum atomic E-state index is -0.858. The van der Waals surface area contributed by atoms with Crippen LogP contribution in [0, 0.1) is 13.8 Å². The first-order valence-corrected chi connectivity index (χ1v) is 9.76. The molecule has 0 saturated carbocycles. The fraction of sp³-hybridized carbons (Fsp3) is 0.227. The first-order valence-electron chi connectivity index (χ1n) is 9.76. The minimum absolute atomic E-state index is 0.0414. The van der Waals surface area contributed by atoms with Crippen molar-refractivity contribution in [2.75, 3.05) is 17.7 Å². The van der Waals surface area contributed by atoms with Gasteiger partial charge in [-0.3, -0.25) is 20.2 Å². The molecule has 2 heterocycles. The monoisotopic (exact) mass is 418 g/mol. The molecule has 0 fully saturated rings. The van der Waals surface area contributed by atoms with E-state index in [2.05, 4.69) is 30.9 Å². The number of nitrogens with one attached hydrogen (secondary N) is 3. The van der Waals surface area contributed by atoms with Gasteiger partial charge in [-0.15, -0.1) is 0 Å². The van der Waals surface area contributed by atoms with E-state index in [-0.39, 0.29) is 30.1 Å². The predicted octanol–water partition coefficient (Wildman–Crippen LogP) is 2.55. The number of fused-ring (bicyclic) bond motifs is 1. The molecule has 3 aromatic rings. The number of rotatable bonds is 4.